The van der Waals surface area contributed by atoms with Crippen LogP contribution in [0.5, 0.6) is 5.75 Å². The minimum Gasteiger partial charge on any atom is -0.482 e. The molecule has 1 aromatic carbocycles. The summed E-state index contributed by atoms with van der Waals surface area (Å²) in [6, 6.07) is 6.01. The summed E-state index contributed by atoms with van der Waals surface area (Å²) < 4.78 is 10.6. The van der Waals surface area contributed by atoms with Crippen molar-refractivity contribution < 1.29 is 14.3 Å². The Labute approximate surface area is 124 Å². The molecule has 5 heteroatoms. The quantitative estimate of drug-likeness (QED) is 0.786. The van der Waals surface area contributed by atoms with Crippen LogP contribution in [-0.4, -0.2) is 24.7 Å². The normalized spacial score (nSPS) is 14.4. The lowest BCUT2D eigenvalue weighted by Crippen LogP contribution is -2.20. The van der Waals surface area contributed by atoms with E-state index >= 15 is 0 Å². The molecule has 0 aromatic heterocycles. The van der Waals surface area contributed by atoms with E-state index in [4.69, 9.17) is 21.1 Å². The van der Waals surface area contributed by atoms with Crippen molar-refractivity contribution in [3.8, 4) is 5.75 Å². The first-order valence-electron chi connectivity index (χ1n) is 6.88. The summed E-state index contributed by atoms with van der Waals surface area (Å²) in [6.45, 7) is 4.23. The highest BCUT2D eigenvalue weighted by molar-refractivity contribution is 6.30. The second-order valence-corrected chi connectivity index (χ2v) is 5.67. The number of nitrogens with one attached hydrogen (secondary N) is 1. The molecular weight excluding hydrogens is 278 g/mol. The van der Waals surface area contributed by atoms with Gasteiger partial charge in [-0.25, -0.2) is 4.79 Å². The Morgan fingerprint density at radius 1 is 1.45 bits per heavy atom. The number of rotatable bonds is 7. The molecule has 0 bridgehead atoms. The molecule has 0 aliphatic heterocycles. The SMILES string of the molecule is CC(C)OC(=O)COc1ccc(Cl)cc1CNC1CC1. The van der Waals surface area contributed by atoms with Gasteiger partial charge in [-0.2, -0.15) is 0 Å². The van der Waals surface area contributed by atoms with Gasteiger partial charge in [0.25, 0.3) is 0 Å². The number of esters is 1. The van der Waals surface area contributed by atoms with Crippen molar-refractivity contribution in [3.05, 3.63) is 28.8 Å². The van der Waals surface area contributed by atoms with Crippen LogP contribution in [-0.2, 0) is 16.1 Å². The molecule has 1 N–H and O–H groups in total. The molecule has 1 aromatic rings. The molecule has 20 heavy (non-hydrogen) atoms. The van der Waals surface area contributed by atoms with Crippen LogP contribution in [0, 0.1) is 0 Å². The van der Waals surface area contributed by atoms with Gasteiger partial charge >= 0.3 is 5.97 Å². The molecule has 2 rings (SSSR count). The summed E-state index contributed by atoms with van der Waals surface area (Å²) in [5.41, 5.74) is 0.960. The first-order chi connectivity index (χ1) is 9.54. The summed E-state index contributed by atoms with van der Waals surface area (Å²) in [5, 5.41) is 4.07. The Balaban J connectivity index is 1.92. The second kappa shape index (κ2) is 6.95. The van der Waals surface area contributed by atoms with Crippen molar-refractivity contribution in [1.29, 1.82) is 0 Å². The molecule has 1 saturated carbocycles. The van der Waals surface area contributed by atoms with Crippen molar-refractivity contribution in [1.82, 2.24) is 5.32 Å². The van der Waals surface area contributed by atoms with Gasteiger partial charge in [0.05, 0.1) is 6.10 Å². The van der Waals surface area contributed by atoms with Crippen molar-refractivity contribution in [2.24, 2.45) is 0 Å². The van der Waals surface area contributed by atoms with Crippen LogP contribution >= 0.6 is 11.6 Å². The predicted octanol–water partition coefficient (Wildman–Crippen LogP) is 2.92. The van der Waals surface area contributed by atoms with Crippen LogP contribution in [0.1, 0.15) is 32.3 Å². The van der Waals surface area contributed by atoms with Gasteiger partial charge in [0.1, 0.15) is 5.75 Å². The number of benzene rings is 1. The third-order valence-corrected chi connectivity index (χ3v) is 3.13. The monoisotopic (exact) mass is 297 g/mol. The van der Waals surface area contributed by atoms with Crippen molar-refractivity contribution in [2.75, 3.05) is 6.61 Å². The van der Waals surface area contributed by atoms with Crippen LogP contribution < -0.4 is 10.1 Å². The van der Waals surface area contributed by atoms with E-state index in [2.05, 4.69) is 5.32 Å². The molecule has 0 heterocycles. The maximum Gasteiger partial charge on any atom is 0.344 e. The van der Waals surface area contributed by atoms with Gasteiger partial charge in [-0.1, -0.05) is 11.6 Å². The number of hydrogen-bond acceptors (Lipinski definition) is 4. The first kappa shape index (κ1) is 15.1. The Kier molecular flexibility index (Phi) is 5.26. The summed E-state index contributed by atoms with van der Waals surface area (Å²) in [7, 11) is 0. The zero-order chi connectivity index (χ0) is 14.5. The van der Waals surface area contributed by atoms with Gasteiger partial charge < -0.3 is 14.8 Å². The van der Waals surface area contributed by atoms with E-state index in [1.54, 1.807) is 12.1 Å². The van der Waals surface area contributed by atoms with E-state index in [0.717, 1.165) is 5.56 Å². The van der Waals surface area contributed by atoms with Crippen LogP contribution in [0.2, 0.25) is 5.02 Å². The maximum absolute atomic E-state index is 11.5. The molecule has 0 radical (unpaired) electrons. The van der Waals surface area contributed by atoms with E-state index in [1.807, 2.05) is 19.9 Å². The lowest BCUT2D eigenvalue weighted by Gasteiger charge is -2.13. The molecule has 1 aliphatic rings. The fourth-order valence-electron chi connectivity index (χ4n) is 1.80. The lowest BCUT2D eigenvalue weighted by molar-refractivity contribution is -0.149. The zero-order valence-corrected chi connectivity index (χ0v) is 12.6. The summed E-state index contributed by atoms with van der Waals surface area (Å²) >= 11 is 6.00. The fraction of sp³-hybridized carbons (Fsp3) is 0.533. The Morgan fingerprint density at radius 2 is 2.20 bits per heavy atom. The standard InChI is InChI=1S/C15H20ClNO3/c1-10(2)20-15(18)9-19-14-6-3-12(16)7-11(14)8-17-13-4-5-13/h3,6-7,10,13,17H,4-5,8-9H2,1-2H3. The largest absolute Gasteiger partial charge is 0.482 e. The summed E-state index contributed by atoms with van der Waals surface area (Å²) in [4.78, 5) is 11.5. The smallest absolute Gasteiger partial charge is 0.344 e. The molecule has 0 spiro atoms. The van der Waals surface area contributed by atoms with E-state index in [-0.39, 0.29) is 18.7 Å². The number of halogens is 1. The first-order valence-corrected chi connectivity index (χ1v) is 7.26. The molecule has 0 atom stereocenters. The number of carbonyl (C=O) groups is 1. The topological polar surface area (TPSA) is 47.6 Å². The molecular formula is C15H20ClNO3. The Hall–Kier alpha value is -1.26. The van der Waals surface area contributed by atoms with Crippen molar-refractivity contribution in [2.45, 2.75) is 45.4 Å². The summed E-state index contributed by atoms with van der Waals surface area (Å²) in [6.07, 6.45) is 2.31. The zero-order valence-electron chi connectivity index (χ0n) is 11.8. The van der Waals surface area contributed by atoms with Gasteiger partial charge in [-0.15, -0.1) is 0 Å². The Morgan fingerprint density at radius 3 is 2.85 bits per heavy atom. The van der Waals surface area contributed by atoms with Gasteiger partial charge in [-0.05, 0) is 44.9 Å². The molecule has 0 amide bonds. The van der Waals surface area contributed by atoms with Gasteiger partial charge in [-0.3, -0.25) is 0 Å². The number of carbonyl (C=O) groups excluding carboxylic acids is 1. The van der Waals surface area contributed by atoms with E-state index in [1.165, 1.54) is 12.8 Å². The molecule has 1 fully saturated rings. The fourth-order valence-corrected chi connectivity index (χ4v) is 2.00. The number of ether oxygens (including phenoxy) is 2. The highest BCUT2D eigenvalue weighted by atomic mass is 35.5. The van der Waals surface area contributed by atoms with Gasteiger partial charge in [0, 0.05) is 23.2 Å². The van der Waals surface area contributed by atoms with Crippen LogP contribution in [0.4, 0.5) is 0 Å². The van der Waals surface area contributed by atoms with Crippen LogP contribution in [0.25, 0.3) is 0 Å². The average Bonchev–Trinajstić information content (AvgIpc) is 3.18. The van der Waals surface area contributed by atoms with Crippen LogP contribution in [0.15, 0.2) is 18.2 Å². The van der Waals surface area contributed by atoms with E-state index in [0.29, 0.717) is 23.4 Å². The average molecular weight is 298 g/mol. The van der Waals surface area contributed by atoms with E-state index in [9.17, 15) is 4.79 Å². The van der Waals surface area contributed by atoms with Gasteiger partial charge in [0.2, 0.25) is 0 Å². The molecule has 4 nitrogen and oxygen atoms in total. The lowest BCUT2D eigenvalue weighted by atomic mass is 10.2. The van der Waals surface area contributed by atoms with Crippen LogP contribution in [0.3, 0.4) is 0 Å². The third-order valence-electron chi connectivity index (χ3n) is 2.89. The summed E-state index contributed by atoms with van der Waals surface area (Å²) in [5.74, 6) is 0.305. The van der Waals surface area contributed by atoms with Crippen molar-refractivity contribution in [3.63, 3.8) is 0 Å². The van der Waals surface area contributed by atoms with Crippen molar-refractivity contribution >= 4 is 17.6 Å². The maximum atomic E-state index is 11.5. The molecule has 1 aliphatic carbocycles. The third kappa shape index (κ3) is 5.02. The number of hydrogen-bond donors (Lipinski definition) is 1. The second-order valence-electron chi connectivity index (χ2n) is 5.23. The minimum absolute atomic E-state index is 0.0871. The predicted molar refractivity (Wildman–Crippen MR) is 78.0 cm³/mol. The highest BCUT2D eigenvalue weighted by Crippen LogP contribution is 2.25. The highest BCUT2D eigenvalue weighted by Gasteiger charge is 2.20. The molecule has 110 valence electrons. The minimum atomic E-state index is -0.365. The molecule has 0 unspecified atom stereocenters. The van der Waals surface area contributed by atoms with E-state index < -0.39 is 0 Å². The van der Waals surface area contributed by atoms with Gasteiger partial charge in [0.15, 0.2) is 6.61 Å². The Bertz CT molecular complexity index is 472. The molecule has 0 saturated heterocycles.